The summed E-state index contributed by atoms with van der Waals surface area (Å²) in [6.45, 7) is 9.92. The predicted molar refractivity (Wildman–Crippen MR) is 107 cm³/mol. The van der Waals surface area contributed by atoms with Crippen molar-refractivity contribution in [2.45, 2.75) is 58.8 Å². The van der Waals surface area contributed by atoms with E-state index in [0.717, 1.165) is 35.9 Å². The Labute approximate surface area is 160 Å². The molecule has 6 nitrogen and oxygen atoms in total. The number of nitrogens with one attached hydrogen (secondary N) is 1. The lowest BCUT2D eigenvalue weighted by molar-refractivity contribution is -0.00545. The largest absolute Gasteiger partial charge is 0.372 e. The van der Waals surface area contributed by atoms with Gasteiger partial charge in [0.05, 0.1) is 29.7 Å². The zero-order valence-electron chi connectivity index (χ0n) is 16.5. The summed E-state index contributed by atoms with van der Waals surface area (Å²) in [5, 5.41) is 2.99. The van der Waals surface area contributed by atoms with E-state index in [1.807, 2.05) is 25.1 Å². The van der Waals surface area contributed by atoms with Crippen molar-refractivity contribution in [3.05, 3.63) is 41.3 Å². The van der Waals surface area contributed by atoms with Crippen LogP contribution in [-0.4, -0.2) is 40.8 Å². The molecule has 0 spiro atoms. The van der Waals surface area contributed by atoms with Gasteiger partial charge in [-0.15, -0.1) is 0 Å². The van der Waals surface area contributed by atoms with Crippen molar-refractivity contribution in [1.82, 2.24) is 9.55 Å². The fraction of sp³-hybridized carbons (Fsp3) is 0.524. The number of amides is 1. The number of anilines is 2. The Hall–Kier alpha value is -2.34. The maximum atomic E-state index is 12.7. The van der Waals surface area contributed by atoms with E-state index >= 15 is 0 Å². The Bertz CT molecular complexity index is 829. The van der Waals surface area contributed by atoms with Crippen molar-refractivity contribution in [2.75, 3.05) is 23.3 Å². The van der Waals surface area contributed by atoms with Crippen molar-refractivity contribution in [2.24, 2.45) is 0 Å². The Morgan fingerprint density at radius 3 is 2.48 bits per heavy atom. The van der Waals surface area contributed by atoms with Crippen LogP contribution >= 0.6 is 0 Å². The van der Waals surface area contributed by atoms with Gasteiger partial charge in [0.1, 0.15) is 5.82 Å². The second-order valence-corrected chi connectivity index (χ2v) is 7.91. The SMILES string of the molecule is Cc1cc(C(=O)Nc2ccc(N3C[C@@H](C)O[C@H](C)C3)nc2)c(C)n1C1CC1. The number of hydrogen-bond donors (Lipinski definition) is 1. The molecular formula is C21H28N4O2. The number of rotatable bonds is 4. The van der Waals surface area contributed by atoms with Crippen LogP contribution in [0, 0.1) is 13.8 Å². The molecule has 2 aromatic heterocycles. The number of aromatic nitrogens is 2. The van der Waals surface area contributed by atoms with Crippen LogP contribution in [0.2, 0.25) is 0 Å². The molecule has 27 heavy (non-hydrogen) atoms. The van der Waals surface area contributed by atoms with Gasteiger partial charge in [-0.2, -0.15) is 0 Å². The molecule has 2 aromatic rings. The van der Waals surface area contributed by atoms with Crippen LogP contribution in [0.5, 0.6) is 0 Å². The van der Waals surface area contributed by atoms with Gasteiger partial charge in [-0.1, -0.05) is 0 Å². The Morgan fingerprint density at radius 2 is 1.89 bits per heavy atom. The number of ether oxygens (including phenoxy) is 1. The van der Waals surface area contributed by atoms with Gasteiger partial charge in [0, 0.05) is 30.5 Å². The van der Waals surface area contributed by atoms with E-state index in [1.54, 1.807) is 6.20 Å². The van der Waals surface area contributed by atoms with E-state index in [-0.39, 0.29) is 18.1 Å². The number of carbonyl (C=O) groups is 1. The fourth-order valence-electron chi connectivity index (χ4n) is 4.11. The van der Waals surface area contributed by atoms with E-state index in [0.29, 0.717) is 11.7 Å². The summed E-state index contributed by atoms with van der Waals surface area (Å²) in [5.41, 5.74) is 3.67. The molecule has 6 heteroatoms. The summed E-state index contributed by atoms with van der Waals surface area (Å²) in [4.78, 5) is 19.5. The molecule has 1 aliphatic heterocycles. The molecule has 0 aromatic carbocycles. The highest BCUT2D eigenvalue weighted by Gasteiger charge is 2.28. The molecule has 144 valence electrons. The van der Waals surface area contributed by atoms with Crippen LogP contribution in [0.4, 0.5) is 11.5 Å². The lowest BCUT2D eigenvalue weighted by atomic mass is 10.2. The standard InChI is InChI=1S/C21H28N4O2/c1-13-9-19(16(4)25(13)18-6-7-18)21(26)23-17-5-8-20(22-10-17)24-11-14(2)27-15(3)12-24/h5,8-10,14-15,18H,6-7,11-12H2,1-4H3,(H,23,26)/t14-,15-/m1/s1. The summed E-state index contributed by atoms with van der Waals surface area (Å²) < 4.78 is 8.07. The van der Waals surface area contributed by atoms with Crippen molar-refractivity contribution < 1.29 is 9.53 Å². The van der Waals surface area contributed by atoms with Crippen molar-refractivity contribution in [3.63, 3.8) is 0 Å². The molecular weight excluding hydrogens is 340 g/mol. The van der Waals surface area contributed by atoms with Gasteiger partial charge in [0.2, 0.25) is 0 Å². The molecule has 1 N–H and O–H groups in total. The molecule has 0 unspecified atom stereocenters. The first kappa shape index (κ1) is 18.0. The minimum atomic E-state index is -0.0711. The van der Waals surface area contributed by atoms with Gasteiger partial charge in [0.25, 0.3) is 5.91 Å². The van der Waals surface area contributed by atoms with Crippen LogP contribution in [-0.2, 0) is 4.74 Å². The lowest BCUT2D eigenvalue weighted by Crippen LogP contribution is -2.45. The molecule has 0 bridgehead atoms. The van der Waals surface area contributed by atoms with Gasteiger partial charge in [-0.05, 0) is 58.7 Å². The second kappa shape index (κ2) is 7.00. The molecule has 0 radical (unpaired) electrons. The molecule has 1 saturated heterocycles. The Balaban J connectivity index is 1.45. The normalized spacial score (nSPS) is 22.7. The summed E-state index contributed by atoms with van der Waals surface area (Å²) in [5.74, 6) is 0.847. The highest BCUT2D eigenvalue weighted by Crippen LogP contribution is 2.38. The topological polar surface area (TPSA) is 59.4 Å². The molecule has 1 amide bonds. The van der Waals surface area contributed by atoms with E-state index < -0.39 is 0 Å². The summed E-state index contributed by atoms with van der Waals surface area (Å²) in [6.07, 6.45) is 4.54. The number of morpholine rings is 1. The average Bonchev–Trinajstić information content (AvgIpc) is 3.39. The first-order valence-corrected chi connectivity index (χ1v) is 9.78. The first-order chi connectivity index (χ1) is 12.9. The zero-order chi connectivity index (χ0) is 19.1. The van der Waals surface area contributed by atoms with E-state index in [4.69, 9.17) is 4.74 Å². The third kappa shape index (κ3) is 3.72. The first-order valence-electron chi connectivity index (χ1n) is 9.78. The smallest absolute Gasteiger partial charge is 0.257 e. The molecule has 3 heterocycles. The van der Waals surface area contributed by atoms with Crippen LogP contribution in [0.25, 0.3) is 0 Å². The Kier molecular flexibility index (Phi) is 4.68. The molecule has 4 rings (SSSR count). The van der Waals surface area contributed by atoms with Crippen LogP contribution in [0.1, 0.15) is 54.5 Å². The third-order valence-corrected chi connectivity index (χ3v) is 5.39. The van der Waals surface area contributed by atoms with E-state index in [9.17, 15) is 4.79 Å². The number of pyridine rings is 1. The number of hydrogen-bond acceptors (Lipinski definition) is 4. The lowest BCUT2D eigenvalue weighted by Gasteiger charge is -2.36. The molecule has 1 saturated carbocycles. The fourth-order valence-corrected chi connectivity index (χ4v) is 4.11. The van der Waals surface area contributed by atoms with Crippen molar-refractivity contribution in [1.29, 1.82) is 0 Å². The minimum Gasteiger partial charge on any atom is -0.372 e. The number of aryl methyl sites for hydroxylation is 1. The monoisotopic (exact) mass is 368 g/mol. The molecule has 1 aliphatic carbocycles. The molecule has 2 fully saturated rings. The highest BCUT2D eigenvalue weighted by atomic mass is 16.5. The Morgan fingerprint density at radius 1 is 1.19 bits per heavy atom. The second-order valence-electron chi connectivity index (χ2n) is 7.91. The summed E-state index contributed by atoms with van der Waals surface area (Å²) in [6, 6.07) is 6.45. The maximum Gasteiger partial charge on any atom is 0.257 e. The minimum absolute atomic E-state index is 0.0711. The van der Waals surface area contributed by atoms with Crippen molar-refractivity contribution >= 4 is 17.4 Å². The zero-order valence-corrected chi connectivity index (χ0v) is 16.5. The maximum absolute atomic E-state index is 12.7. The quantitative estimate of drug-likeness (QED) is 0.894. The third-order valence-electron chi connectivity index (χ3n) is 5.39. The van der Waals surface area contributed by atoms with E-state index in [1.165, 1.54) is 12.8 Å². The summed E-state index contributed by atoms with van der Waals surface area (Å²) in [7, 11) is 0. The average molecular weight is 368 g/mol. The highest BCUT2D eigenvalue weighted by molar-refractivity contribution is 6.05. The summed E-state index contributed by atoms with van der Waals surface area (Å²) >= 11 is 0. The van der Waals surface area contributed by atoms with Gasteiger partial charge >= 0.3 is 0 Å². The predicted octanol–water partition coefficient (Wildman–Crippen LogP) is 3.70. The van der Waals surface area contributed by atoms with Crippen LogP contribution in [0.3, 0.4) is 0 Å². The van der Waals surface area contributed by atoms with Gasteiger partial charge in [0.15, 0.2) is 0 Å². The van der Waals surface area contributed by atoms with Gasteiger partial charge < -0.3 is 19.5 Å². The van der Waals surface area contributed by atoms with Gasteiger partial charge in [-0.25, -0.2) is 4.98 Å². The van der Waals surface area contributed by atoms with Gasteiger partial charge in [-0.3, -0.25) is 4.79 Å². The van der Waals surface area contributed by atoms with Crippen molar-refractivity contribution in [3.8, 4) is 0 Å². The molecule has 2 atom stereocenters. The van der Waals surface area contributed by atoms with E-state index in [2.05, 4.69) is 40.5 Å². The number of nitrogens with zero attached hydrogens (tertiary/aromatic N) is 3. The van der Waals surface area contributed by atoms with Crippen LogP contribution in [0.15, 0.2) is 24.4 Å². The number of carbonyl (C=O) groups excluding carboxylic acids is 1. The molecule has 2 aliphatic rings. The van der Waals surface area contributed by atoms with Crippen LogP contribution < -0.4 is 10.2 Å².